The lowest BCUT2D eigenvalue weighted by Crippen LogP contribution is -2.38. The topological polar surface area (TPSA) is 41.3 Å². The molecule has 0 aromatic heterocycles. The quantitative estimate of drug-likeness (QED) is 0.804. The number of nitrogens with two attached hydrogens (primary N) is 1. The molecule has 3 nitrogen and oxygen atoms in total. The van der Waals surface area contributed by atoms with E-state index in [9.17, 15) is 0 Å². The summed E-state index contributed by atoms with van der Waals surface area (Å²) in [5.74, 6) is 0. The first kappa shape index (κ1) is 13.2. The molecule has 1 fully saturated rings. The summed E-state index contributed by atoms with van der Waals surface area (Å²) in [5, 5.41) is 3.56. The monoisotopic (exact) mass is 247 g/mol. The number of nitrogens with zero attached hydrogens (tertiary/aromatic N) is 1. The van der Waals surface area contributed by atoms with Crippen LogP contribution in [0, 0.1) is 6.92 Å². The molecule has 0 radical (unpaired) electrons. The molecule has 1 aromatic carbocycles. The maximum Gasteiger partial charge on any atom is 0.0606 e. The minimum absolute atomic E-state index is 0.437. The predicted molar refractivity (Wildman–Crippen MR) is 79.0 cm³/mol. The fourth-order valence-corrected chi connectivity index (χ4v) is 2.71. The fourth-order valence-electron chi connectivity index (χ4n) is 2.71. The molecular weight excluding hydrogens is 222 g/mol. The molecule has 1 saturated heterocycles. The Bertz CT molecular complexity index is 363. The SMILES string of the molecule is Cc1cccc(N)c1NC(C)CN1CCCCC1. The molecule has 100 valence electrons. The van der Waals surface area contributed by atoms with Crippen LogP contribution in [-0.4, -0.2) is 30.6 Å². The molecule has 1 aliphatic rings. The van der Waals surface area contributed by atoms with Crippen LogP contribution in [0.3, 0.4) is 0 Å². The summed E-state index contributed by atoms with van der Waals surface area (Å²) in [6.45, 7) is 7.94. The van der Waals surface area contributed by atoms with Gasteiger partial charge in [0.2, 0.25) is 0 Å². The molecule has 1 aromatic rings. The standard InChI is InChI=1S/C15H25N3/c1-12-7-6-8-14(16)15(12)17-13(2)11-18-9-4-3-5-10-18/h6-8,13,17H,3-5,9-11,16H2,1-2H3. The van der Waals surface area contributed by atoms with Crippen molar-refractivity contribution in [1.29, 1.82) is 0 Å². The van der Waals surface area contributed by atoms with Gasteiger partial charge in [0.25, 0.3) is 0 Å². The van der Waals surface area contributed by atoms with Crippen molar-refractivity contribution in [2.75, 3.05) is 30.7 Å². The van der Waals surface area contributed by atoms with Gasteiger partial charge in [0.15, 0.2) is 0 Å². The van der Waals surface area contributed by atoms with Crippen LogP contribution < -0.4 is 11.1 Å². The number of aryl methyl sites for hydroxylation is 1. The van der Waals surface area contributed by atoms with Crippen molar-refractivity contribution in [2.24, 2.45) is 0 Å². The van der Waals surface area contributed by atoms with E-state index in [4.69, 9.17) is 5.73 Å². The van der Waals surface area contributed by atoms with Gasteiger partial charge in [0.05, 0.1) is 11.4 Å². The summed E-state index contributed by atoms with van der Waals surface area (Å²) in [7, 11) is 0. The van der Waals surface area contributed by atoms with Gasteiger partial charge in [-0.2, -0.15) is 0 Å². The molecule has 0 aliphatic carbocycles. The Balaban J connectivity index is 1.92. The van der Waals surface area contributed by atoms with Gasteiger partial charge in [-0.15, -0.1) is 0 Å². The number of piperidine rings is 1. The normalized spacial score (nSPS) is 18.6. The summed E-state index contributed by atoms with van der Waals surface area (Å²) in [5.41, 5.74) is 9.20. The second-order valence-corrected chi connectivity index (χ2v) is 5.45. The van der Waals surface area contributed by atoms with Crippen LogP contribution in [0.15, 0.2) is 18.2 Å². The zero-order chi connectivity index (χ0) is 13.0. The van der Waals surface area contributed by atoms with Crippen LogP contribution in [-0.2, 0) is 0 Å². The lowest BCUT2D eigenvalue weighted by Gasteiger charge is -2.30. The average Bonchev–Trinajstić information content (AvgIpc) is 2.35. The summed E-state index contributed by atoms with van der Waals surface area (Å²) in [6, 6.07) is 6.51. The Hall–Kier alpha value is -1.22. The maximum atomic E-state index is 6.03. The lowest BCUT2D eigenvalue weighted by atomic mass is 10.1. The van der Waals surface area contributed by atoms with Crippen LogP contribution in [0.2, 0.25) is 0 Å². The highest BCUT2D eigenvalue weighted by atomic mass is 15.2. The smallest absolute Gasteiger partial charge is 0.0606 e. The summed E-state index contributed by atoms with van der Waals surface area (Å²) in [6.07, 6.45) is 4.08. The van der Waals surface area contributed by atoms with E-state index in [1.165, 1.54) is 37.9 Å². The maximum absolute atomic E-state index is 6.03. The first-order valence-electron chi connectivity index (χ1n) is 7.01. The number of rotatable bonds is 4. The molecule has 0 amide bonds. The van der Waals surface area contributed by atoms with Crippen molar-refractivity contribution < 1.29 is 0 Å². The number of benzene rings is 1. The van der Waals surface area contributed by atoms with Gasteiger partial charge in [-0.3, -0.25) is 0 Å². The van der Waals surface area contributed by atoms with Crippen LogP contribution >= 0.6 is 0 Å². The lowest BCUT2D eigenvalue weighted by molar-refractivity contribution is 0.223. The van der Waals surface area contributed by atoms with Crippen LogP contribution in [0.1, 0.15) is 31.7 Å². The van der Waals surface area contributed by atoms with E-state index in [0.29, 0.717) is 6.04 Å². The average molecular weight is 247 g/mol. The molecule has 1 atom stereocenters. The second kappa shape index (κ2) is 6.10. The highest BCUT2D eigenvalue weighted by molar-refractivity contribution is 5.70. The first-order valence-corrected chi connectivity index (χ1v) is 7.01. The van der Waals surface area contributed by atoms with E-state index in [0.717, 1.165) is 17.9 Å². The highest BCUT2D eigenvalue weighted by Crippen LogP contribution is 2.23. The van der Waals surface area contributed by atoms with Crippen LogP contribution in [0.5, 0.6) is 0 Å². The van der Waals surface area contributed by atoms with E-state index >= 15 is 0 Å². The Morgan fingerprint density at radius 1 is 1.28 bits per heavy atom. The van der Waals surface area contributed by atoms with Gasteiger partial charge in [0.1, 0.15) is 0 Å². The Morgan fingerprint density at radius 3 is 2.67 bits per heavy atom. The molecule has 1 unspecified atom stereocenters. The molecule has 18 heavy (non-hydrogen) atoms. The van der Waals surface area contributed by atoms with Gasteiger partial charge in [-0.25, -0.2) is 0 Å². The van der Waals surface area contributed by atoms with Gasteiger partial charge in [-0.05, 0) is 51.4 Å². The van der Waals surface area contributed by atoms with Crippen molar-refractivity contribution in [2.45, 2.75) is 39.2 Å². The van der Waals surface area contributed by atoms with E-state index in [1.807, 2.05) is 12.1 Å². The second-order valence-electron chi connectivity index (χ2n) is 5.45. The van der Waals surface area contributed by atoms with E-state index in [1.54, 1.807) is 0 Å². The largest absolute Gasteiger partial charge is 0.397 e. The van der Waals surface area contributed by atoms with Crippen molar-refractivity contribution in [3.05, 3.63) is 23.8 Å². The minimum atomic E-state index is 0.437. The van der Waals surface area contributed by atoms with E-state index < -0.39 is 0 Å². The molecule has 0 bridgehead atoms. The fraction of sp³-hybridized carbons (Fsp3) is 0.600. The number of anilines is 2. The number of nitrogen functional groups attached to an aromatic ring is 1. The highest BCUT2D eigenvalue weighted by Gasteiger charge is 2.14. The van der Waals surface area contributed by atoms with Crippen molar-refractivity contribution >= 4 is 11.4 Å². The third kappa shape index (κ3) is 3.39. The number of para-hydroxylation sites is 1. The van der Waals surface area contributed by atoms with Crippen LogP contribution in [0.25, 0.3) is 0 Å². The molecular formula is C15H25N3. The Morgan fingerprint density at radius 2 is 2.00 bits per heavy atom. The Kier molecular flexibility index (Phi) is 4.48. The number of hydrogen-bond donors (Lipinski definition) is 2. The van der Waals surface area contributed by atoms with Crippen molar-refractivity contribution in [1.82, 2.24) is 4.90 Å². The van der Waals surface area contributed by atoms with Crippen LogP contribution in [0.4, 0.5) is 11.4 Å². The number of hydrogen-bond acceptors (Lipinski definition) is 3. The van der Waals surface area contributed by atoms with Gasteiger partial charge >= 0.3 is 0 Å². The molecule has 0 spiro atoms. The van der Waals surface area contributed by atoms with E-state index in [2.05, 4.69) is 30.1 Å². The third-order valence-corrected chi connectivity index (χ3v) is 3.68. The Labute approximate surface area is 110 Å². The van der Waals surface area contributed by atoms with E-state index in [-0.39, 0.29) is 0 Å². The molecule has 1 heterocycles. The zero-order valence-corrected chi connectivity index (χ0v) is 11.6. The first-order chi connectivity index (χ1) is 8.66. The summed E-state index contributed by atoms with van der Waals surface area (Å²) in [4.78, 5) is 2.55. The molecule has 2 rings (SSSR count). The molecule has 3 heteroatoms. The predicted octanol–water partition coefficient (Wildman–Crippen LogP) is 2.86. The van der Waals surface area contributed by atoms with Gasteiger partial charge < -0.3 is 16.0 Å². The zero-order valence-electron chi connectivity index (χ0n) is 11.6. The molecule has 0 saturated carbocycles. The van der Waals surface area contributed by atoms with Crippen molar-refractivity contribution in [3.63, 3.8) is 0 Å². The summed E-state index contributed by atoms with van der Waals surface area (Å²) < 4.78 is 0. The third-order valence-electron chi connectivity index (χ3n) is 3.68. The van der Waals surface area contributed by atoms with Gasteiger partial charge in [-0.1, -0.05) is 18.6 Å². The number of nitrogens with one attached hydrogen (secondary N) is 1. The molecule has 3 N–H and O–H groups in total. The van der Waals surface area contributed by atoms with Gasteiger partial charge in [0, 0.05) is 12.6 Å². The van der Waals surface area contributed by atoms with Crippen molar-refractivity contribution in [3.8, 4) is 0 Å². The minimum Gasteiger partial charge on any atom is -0.397 e. The molecule has 1 aliphatic heterocycles. The summed E-state index contributed by atoms with van der Waals surface area (Å²) >= 11 is 0. The number of likely N-dealkylation sites (tertiary alicyclic amines) is 1.